The van der Waals surface area contributed by atoms with Gasteiger partial charge < -0.3 is 75.9 Å². The van der Waals surface area contributed by atoms with Crippen LogP contribution in [0.15, 0.2) is 109 Å². The smallest absolute Gasteiger partial charge is 1.00 e. The average molecular weight is 1750 g/mol. The minimum atomic E-state index is -1.00. The molecule has 0 fully saturated rings. The van der Waals surface area contributed by atoms with E-state index >= 15 is 0 Å². The number of aliphatic hydroxyl groups excluding tert-OH is 2. The number of halogens is 7. The monoisotopic (exact) mass is 1750 g/mol. The molecule has 2 unspecified atom stereocenters. The van der Waals surface area contributed by atoms with Crippen LogP contribution in [0, 0.1) is 23.3 Å². The van der Waals surface area contributed by atoms with Crippen molar-refractivity contribution in [1.82, 2.24) is 50.5 Å². The molecule has 8 rings (SSSR count). The second kappa shape index (κ2) is 59.7. The fraction of sp³-hybridized carbons (Fsp3) is 0.463. The first kappa shape index (κ1) is 119. The summed E-state index contributed by atoms with van der Waals surface area (Å²) in [7, 11) is 0. The van der Waals surface area contributed by atoms with Gasteiger partial charge in [0, 0.05) is 59.0 Å². The third-order valence-corrected chi connectivity index (χ3v) is 13.4. The molecule has 0 spiro atoms. The molecule has 4 aromatic heterocycles. The Balaban J connectivity index is -0.000000265. The molecule has 4 heterocycles. The number of carbonyl (C=O) groups excluding carboxylic acids is 8. The van der Waals surface area contributed by atoms with Gasteiger partial charge in [-0.2, -0.15) is 5.10 Å². The number of aliphatic hydroxyl groups is 2. The van der Waals surface area contributed by atoms with Crippen LogP contribution in [0.4, 0.5) is 41.1 Å². The number of benzene rings is 4. The number of aromatic hydroxyl groups is 1. The van der Waals surface area contributed by atoms with Gasteiger partial charge in [0.25, 0.3) is 0 Å². The van der Waals surface area contributed by atoms with Gasteiger partial charge in [-0.05, 0) is 202 Å². The topological polar surface area (TPSA) is 380 Å². The van der Waals surface area contributed by atoms with Crippen LogP contribution in [0.3, 0.4) is 0 Å². The maximum atomic E-state index is 14.0. The fourth-order valence-corrected chi connectivity index (χ4v) is 8.72. The Morgan fingerprint density at radius 2 is 0.825 bits per heavy atom. The van der Waals surface area contributed by atoms with E-state index in [2.05, 4.69) is 41.4 Å². The van der Waals surface area contributed by atoms with Crippen molar-refractivity contribution in [3.05, 3.63) is 172 Å². The van der Waals surface area contributed by atoms with E-state index in [1.54, 1.807) is 93.5 Å². The Hall–Kier alpha value is -9.91. The van der Waals surface area contributed by atoms with Gasteiger partial charge in [0.1, 0.15) is 111 Å². The zero-order valence-electron chi connectivity index (χ0n) is 70.7. The number of hydrogen-bond donors (Lipinski definition) is 7. The molecule has 29 nitrogen and oxygen atoms in total. The van der Waals surface area contributed by atoms with Gasteiger partial charge in [-0.3, -0.25) is 23.6 Å². The van der Waals surface area contributed by atoms with Crippen molar-refractivity contribution in [2.75, 3.05) is 66.1 Å². The second-order valence-corrected chi connectivity index (χ2v) is 28.2. The first-order valence-corrected chi connectivity index (χ1v) is 35.7. The van der Waals surface area contributed by atoms with Crippen LogP contribution >= 0.6 is 23.2 Å². The number of phenols is 1. The number of imidazole rings is 2. The number of hydrogen-bond acceptors (Lipinski definition) is 23. The van der Waals surface area contributed by atoms with E-state index in [0.29, 0.717) is 62.9 Å². The maximum absolute atomic E-state index is 14.0. The second-order valence-electron chi connectivity index (χ2n) is 27.4. The summed E-state index contributed by atoms with van der Waals surface area (Å²) >= 11 is 11.0. The van der Waals surface area contributed by atoms with Crippen LogP contribution in [0.5, 0.6) is 28.9 Å². The first-order chi connectivity index (χ1) is 53.6. The van der Waals surface area contributed by atoms with Crippen molar-refractivity contribution >= 4 is 90.4 Å². The normalized spacial score (nSPS) is 10.8. The molecular formula is C82H120BCl2F5N10NaO19. The van der Waals surface area contributed by atoms with Crippen LogP contribution in [0.2, 0.25) is 5.15 Å². The van der Waals surface area contributed by atoms with Crippen LogP contribution in [0.1, 0.15) is 222 Å². The molecule has 4 aromatic carbocycles. The number of ether oxygens (including phenoxy) is 8. The predicted molar refractivity (Wildman–Crippen MR) is 451 cm³/mol. The van der Waals surface area contributed by atoms with Crippen molar-refractivity contribution < 1.29 is 146 Å². The molecule has 3 radical (unpaired) electrons. The predicted octanol–water partition coefficient (Wildman–Crippen LogP) is 14.4. The summed E-state index contributed by atoms with van der Waals surface area (Å²) in [6, 6.07) is 21.6. The van der Waals surface area contributed by atoms with E-state index in [1.165, 1.54) is 105 Å². The van der Waals surface area contributed by atoms with E-state index in [4.69, 9.17) is 72.7 Å². The molecule has 2 atom stereocenters. The Kier molecular flexibility index (Phi) is 59.0. The van der Waals surface area contributed by atoms with E-state index in [1.807, 2.05) is 20.8 Å². The zero-order chi connectivity index (χ0) is 87.7. The Morgan fingerprint density at radius 1 is 0.500 bits per heavy atom. The third kappa shape index (κ3) is 49.0. The van der Waals surface area contributed by atoms with Gasteiger partial charge in [0.05, 0.1) is 57.8 Å². The Labute approximate surface area is 737 Å². The zero-order valence-corrected chi connectivity index (χ0v) is 72.2. The van der Waals surface area contributed by atoms with Gasteiger partial charge in [0.2, 0.25) is 5.88 Å². The van der Waals surface area contributed by atoms with Crippen molar-refractivity contribution in [1.29, 1.82) is 0 Å². The van der Waals surface area contributed by atoms with E-state index < -0.39 is 89.4 Å². The summed E-state index contributed by atoms with van der Waals surface area (Å²) in [5.74, 6) is -1.27. The van der Waals surface area contributed by atoms with Crippen molar-refractivity contribution in [3.63, 3.8) is 0 Å². The van der Waals surface area contributed by atoms with E-state index in [-0.39, 0.29) is 160 Å². The molecule has 0 bridgehead atoms. The number of rotatable bonds is 22. The molecular weight excluding hydrogens is 1630 g/mol. The summed E-state index contributed by atoms with van der Waals surface area (Å²) in [6.45, 7) is 31.7. The quantitative estimate of drug-likeness (QED) is 0.00827. The number of alkyl carbamates (subject to hydrolysis) is 4. The van der Waals surface area contributed by atoms with Gasteiger partial charge in [-0.1, -0.05) is 41.3 Å². The van der Waals surface area contributed by atoms with Gasteiger partial charge in [-0.25, -0.2) is 55.7 Å². The number of nitrogens with one attached hydrogen (secondary N) is 4. The van der Waals surface area contributed by atoms with Crippen molar-refractivity contribution in [2.45, 2.75) is 189 Å². The number of ketones is 4. The maximum Gasteiger partial charge on any atom is 1.00 e. The SMILES string of the molecule is C.C.C.C.CC(=O)c1cc(F)ccc1O.CC(=O)c1cc(F)ccc1OCCNC(=O)OC(C)(C)C.CC(=O)c1cnc2ccc(Cl)nn12.CC(=O)c1cnc2ccc(OC(C)c3cc(F)ccc3OCCNC(=O)OC(C)(C)C)nn12.CC(C)(C)OC(=O)NCCCl.CC(O)c1cc(F)ccc1OCCNC(=O)OC(C)(C)C.CO.[2H]CF.[B].[H-].[Na+]. The molecule has 0 aliphatic heterocycles. The molecule has 0 aliphatic rings. The molecule has 38 heteroatoms. The minimum absolute atomic E-state index is 0. The summed E-state index contributed by atoms with van der Waals surface area (Å²) in [5, 5.41) is 44.4. The Morgan fingerprint density at radius 3 is 1.18 bits per heavy atom. The molecule has 8 aromatic rings. The summed E-state index contributed by atoms with van der Waals surface area (Å²) in [6.07, 6.45) is -0.565. The van der Waals surface area contributed by atoms with Crippen LogP contribution in [-0.4, -0.2) is 189 Å². The van der Waals surface area contributed by atoms with Gasteiger partial charge >= 0.3 is 53.9 Å². The fourth-order valence-electron chi connectivity index (χ4n) is 8.48. The molecule has 4 amide bonds. The molecule has 120 heavy (non-hydrogen) atoms. The molecule has 0 saturated heterocycles. The number of amides is 4. The van der Waals surface area contributed by atoms with Gasteiger partial charge in [-0.15, -0.1) is 16.7 Å². The number of Topliss-reactive ketones (excluding diaryl/α,β-unsaturated/α-hetero) is 4. The number of nitrogens with zero attached hydrogens (tertiary/aromatic N) is 6. The first-order valence-electron chi connectivity index (χ1n) is 35.5. The Bertz CT molecular complexity index is 4460. The number of fused-ring (bicyclic) bond motifs is 2. The molecule has 665 valence electrons. The summed E-state index contributed by atoms with van der Waals surface area (Å²) in [5.41, 5.74) is 0.772. The standard InChI is InChI=1S/C23H27FN4O5.C15H22FNO4.C15H20FNO4.C8H6ClN3O.C8H7FO2.C7H14ClNO2.CH3F.CH4O.4CH4.B.Na.H/c1-14(29)18-13-26-20-8-9-21(27-28(18)20)32-15(2)17-12-16(24)6-7-19(17)31-11-10-25-22(30)33-23(3,4)5;2*1-10(18)12-9-11(16)5-6-13(12)20-8-7-17-14(19)21-15(2,3)4;1-5(13)6-4-10-8-3-2-7(9)11-12(6)8;1-5(10)7-4-6(9)2-3-8(7)11;1-7(2,3)11-6(10)9-5-4-8;2*1-2;;;;;;;/h6-9,12-13,15H,10-11H2,1-5H3,(H,25,30);5-6,9-10,18H,7-8H2,1-4H3,(H,17,19);5-6,9H,7-8H2,1-4H3,(H,17,19);2-4H,1H3;2-4,11H,1H3;4-5H2,1-3H3,(H,9,10);1H3;2H,1H3;4*1H4;;;/q;;;;;;;;;;;;;+1;-1/i;;;;;;1D;;;;;;;;. The largest absolute Gasteiger partial charge is 1.00 e. The van der Waals surface area contributed by atoms with Gasteiger partial charge in [0.15, 0.2) is 34.4 Å². The average Bonchev–Trinajstić information content (AvgIpc) is 1.67. The van der Waals surface area contributed by atoms with Crippen LogP contribution in [0.25, 0.3) is 11.3 Å². The summed E-state index contributed by atoms with van der Waals surface area (Å²) < 4.78 is 114. The summed E-state index contributed by atoms with van der Waals surface area (Å²) in [4.78, 5) is 98.4. The molecule has 0 aliphatic carbocycles. The molecule has 7 N–H and O–H groups in total. The third-order valence-electron chi connectivity index (χ3n) is 13.0. The van der Waals surface area contributed by atoms with Crippen LogP contribution < -0.4 is 69.8 Å². The number of carbonyl (C=O) groups is 8. The van der Waals surface area contributed by atoms with E-state index in [0.717, 1.165) is 31.4 Å². The minimum Gasteiger partial charge on any atom is -1.00 e. The molecule has 0 saturated carbocycles. The van der Waals surface area contributed by atoms with Crippen molar-refractivity contribution in [3.8, 4) is 28.9 Å². The van der Waals surface area contributed by atoms with Crippen LogP contribution in [-0.2, 0) is 18.9 Å². The number of phenolic OH excluding ortho intramolecular Hbond substituents is 1. The van der Waals surface area contributed by atoms with Crippen molar-refractivity contribution in [2.24, 2.45) is 0 Å². The van der Waals surface area contributed by atoms with E-state index in [9.17, 15) is 65.4 Å². The number of aromatic nitrogens is 6. The number of alkyl halides is 2.